The third-order valence-electron chi connectivity index (χ3n) is 2.46. The summed E-state index contributed by atoms with van der Waals surface area (Å²) in [6.07, 6.45) is 2.26. The molecule has 1 saturated carbocycles. The smallest absolute Gasteiger partial charge is 0.317 e. The fourth-order valence-electron chi connectivity index (χ4n) is 1.59. The molecule has 0 aromatic rings. The highest BCUT2D eigenvalue weighted by Gasteiger charge is 2.33. The van der Waals surface area contributed by atoms with Crippen molar-refractivity contribution in [3.8, 4) is 0 Å². The second-order valence-corrected chi connectivity index (χ2v) is 3.81. The Morgan fingerprint density at radius 2 is 2.29 bits per heavy atom. The summed E-state index contributed by atoms with van der Waals surface area (Å²) >= 11 is 0. The first-order valence-electron chi connectivity index (χ1n) is 5.20. The van der Waals surface area contributed by atoms with Crippen molar-refractivity contribution in [2.75, 3.05) is 19.8 Å². The van der Waals surface area contributed by atoms with Crippen LogP contribution in [0.15, 0.2) is 0 Å². The van der Waals surface area contributed by atoms with Gasteiger partial charge in [0, 0.05) is 18.7 Å². The minimum Gasteiger partial charge on any atom is -0.480 e. The molecule has 82 valence electrons. The molecule has 1 fully saturated rings. The van der Waals surface area contributed by atoms with E-state index in [1.807, 2.05) is 18.7 Å². The molecular formula is C10H19NO3. The van der Waals surface area contributed by atoms with Crippen molar-refractivity contribution < 1.29 is 14.6 Å². The Kier molecular flexibility index (Phi) is 4.35. The van der Waals surface area contributed by atoms with Gasteiger partial charge in [0.1, 0.15) is 0 Å². The van der Waals surface area contributed by atoms with Gasteiger partial charge >= 0.3 is 5.97 Å². The molecule has 4 nitrogen and oxygen atoms in total. The first-order valence-corrected chi connectivity index (χ1v) is 5.20. The average molecular weight is 201 g/mol. The van der Waals surface area contributed by atoms with Gasteiger partial charge < -0.3 is 9.84 Å². The van der Waals surface area contributed by atoms with Crippen LogP contribution in [-0.4, -0.2) is 47.8 Å². The van der Waals surface area contributed by atoms with E-state index in [1.54, 1.807) is 0 Å². The SMILES string of the molecule is CCOCC(C)N(CC(=O)O)C1CC1. The number of ether oxygens (including phenoxy) is 1. The predicted molar refractivity (Wildman–Crippen MR) is 53.3 cm³/mol. The maximum atomic E-state index is 10.6. The third-order valence-corrected chi connectivity index (χ3v) is 2.46. The van der Waals surface area contributed by atoms with Crippen LogP contribution in [-0.2, 0) is 9.53 Å². The van der Waals surface area contributed by atoms with Crippen LogP contribution >= 0.6 is 0 Å². The van der Waals surface area contributed by atoms with Crippen molar-refractivity contribution in [2.45, 2.75) is 38.8 Å². The molecule has 1 aliphatic carbocycles. The quantitative estimate of drug-likeness (QED) is 0.666. The van der Waals surface area contributed by atoms with Crippen molar-refractivity contribution in [3.05, 3.63) is 0 Å². The second-order valence-electron chi connectivity index (χ2n) is 3.81. The van der Waals surface area contributed by atoms with Gasteiger partial charge in [-0.3, -0.25) is 9.69 Å². The lowest BCUT2D eigenvalue weighted by Gasteiger charge is -2.26. The number of aliphatic carboxylic acids is 1. The number of carboxylic acids is 1. The summed E-state index contributed by atoms with van der Waals surface area (Å²) in [4.78, 5) is 12.7. The number of rotatable bonds is 7. The Morgan fingerprint density at radius 1 is 1.64 bits per heavy atom. The number of carboxylic acid groups (broad SMARTS) is 1. The Balaban J connectivity index is 2.36. The van der Waals surface area contributed by atoms with Crippen LogP contribution in [0.25, 0.3) is 0 Å². The molecule has 1 unspecified atom stereocenters. The molecule has 0 saturated heterocycles. The van der Waals surface area contributed by atoms with Gasteiger partial charge in [0.05, 0.1) is 13.2 Å². The maximum Gasteiger partial charge on any atom is 0.317 e. The van der Waals surface area contributed by atoms with Crippen molar-refractivity contribution in [1.82, 2.24) is 4.90 Å². The molecule has 1 atom stereocenters. The van der Waals surface area contributed by atoms with Gasteiger partial charge in [-0.2, -0.15) is 0 Å². The van der Waals surface area contributed by atoms with Gasteiger partial charge in [0.15, 0.2) is 0 Å². The van der Waals surface area contributed by atoms with Crippen LogP contribution in [0.4, 0.5) is 0 Å². The highest BCUT2D eigenvalue weighted by molar-refractivity contribution is 5.69. The molecule has 0 aromatic heterocycles. The minimum atomic E-state index is -0.750. The molecule has 0 amide bonds. The summed E-state index contributed by atoms with van der Waals surface area (Å²) in [5, 5.41) is 8.75. The van der Waals surface area contributed by atoms with E-state index in [9.17, 15) is 4.79 Å². The number of nitrogens with zero attached hydrogens (tertiary/aromatic N) is 1. The lowest BCUT2D eigenvalue weighted by atomic mass is 10.3. The van der Waals surface area contributed by atoms with Gasteiger partial charge in [0.2, 0.25) is 0 Å². The molecule has 0 bridgehead atoms. The van der Waals surface area contributed by atoms with E-state index < -0.39 is 5.97 Å². The van der Waals surface area contributed by atoms with E-state index in [4.69, 9.17) is 9.84 Å². The maximum absolute atomic E-state index is 10.6. The monoisotopic (exact) mass is 201 g/mol. The normalized spacial score (nSPS) is 18.5. The summed E-state index contributed by atoms with van der Waals surface area (Å²) in [5.74, 6) is -0.750. The third kappa shape index (κ3) is 3.64. The Labute approximate surface area is 84.8 Å². The fraction of sp³-hybridized carbons (Fsp3) is 0.900. The van der Waals surface area contributed by atoms with E-state index >= 15 is 0 Å². The minimum absolute atomic E-state index is 0.138. The lowest BCUT2D eigenvalue weighted by molar-refractivity contribution is -0.139. The Hall–Kier alpha value is -0.610. The summed E-state index contributed by atoms with van der Waals surface area (Å²) in [7, 11) is 0. The predicted octanol–water partition coefficient (Wildman–Crippen LogP) is 0.960. The summed E-state index contributed by atoms with van der Waals surface area (Å²) in [6.45, 7) is 5.43. The standard InChI is InChI=1S/C10H19NO3/c1-3-14-7-8(2)11(6-10(12)13)9-4-5-9/h8-9H,3-7H2,1-2H3,(H,12,13). The zero-order chi connectivity index (χ0) is 10.6. The van der Waals surface area contributed by atoms with Crippen LogP contribution < -0.4 is 0 Å². The largest absolute Gasteiger partial charge is 0.480 e. The van der Waals surface area contributed by atoms with E-state index in [0.29, 0.717) is 19.3 Å². The summed E-state index contributed by atoms with van der Waals surface area (Å²) in [5.41, 5.74) is 0. The molecule has 0 heterocycles. The molecule has 0 spiro atoms. The molecule has 4 heteroatoms. The first kappa shape index (κ1) is 11.5. The van der Waals surface area contributed by atoms with E-state index in [1.165, 1.54) is 0 Å². The zero-order valence-corrected chi connectivity index (χ0v) is 8.90. The molecule has 1 N–H and O–H groups in total. The van der Waals surface area contributed by atoms with Gasteiger partial charge in [-0.05, 0) is 26.7 Å². The molecule has 0 radical (unpaired) electrons. The molecule has 1 rings (SSSR count). The topological polar surface area (TPSA) is 49.8 Å². The zero-order valence-electron chi connectivity index (χ0n) is 8.90. The Morgan fingerprint density at radius 3 is 2.71 bits per heavy atom. The van der Waals surface area contributed by atoms with Crippen LogP contribution in [0.3, 0.4) is 0 Å². The molecule has 0 aliphatic heterocycles. The molecule has 0 aromatic carbocycles. The van der Waals surface area contributed by atoms with Crippen molar-refractivity contribution in [3.63, 3.8) is 0 Å². The van der Waals surface area contributed by atoms with Crippen molar-refractivity contribution in [1.29, 1.82) is 0 Å². The fourth-order valence-corrected chi connectivity index (χ4v) is 1.59. The number of hydrogen-bond acceptors (Lipinski definition) is 3. The lowest BCUT2D eigenvalue weighted by Crippen LogP contribution is -2.41. The van der Waals surface area contributed by atoms with Crippen molar-refractivity contribution >= 4 is 5.97 Å². The van der Waals surface area contributed by atoms with Gasteiger partial charge in [-0.1, -0.05) is 0 Å². The first-order chi connectivity index (χ1) is 6.65. The highest BCUT2D eigenvalue weighted by atomic mass is 16.5. The van der Waals surface area contributed by atoms with Gasteiger partial charge in [0.25, 0.3) is 0 Å². The molecule has 14 heavy (non-hydrogen) atoms. The highest BCUT2D eigenvalue weighted by Crippen LogP contribution is 2.28. The van der Waals surface area contributed by atoms with Crippen LogP contribution in [0.1, 0.15) is 26.7 Å². The van der Waals surface area contributed by atoms with E-state index in [0.717, 1.165) is 12.8 Å². The number of carbonyl (C=O) groups is 1. The van der Waals surface area contributed by atoms with Crippen LogP contribution in [0.2, 0.25) is 0 Å². The van der Waals surface area contributed by atoms with Gasteiger partial charge in [-0.15, -0.1) is 0 Å². The van der Waals surface area contributed by atoms with Crippen molar-refractivity contribution in [2.24, 2.45) is 0 Å². The number of hydrogen-bond donors (Lipinski definition) is 1. The summed E-state index contributed by atoms with van der Waals surface area (Å²) < 4.78 is 5.30. The van der Waals surface area contributed by atoms with E-state index in [2.05, 4.69) is 0 Å². The average Bonchev–Trinajstić information content (AvgIpc) is 2.93. The van der Waals surface area contributed by atoms with E-state index in [-0.39, 0.29) is 12.6 Å². The van der Waals surface area contributed by atoms with Crippen LogP contribution in [0.5, 0.6) is 0 Å². The second kappa shape index (κ2) is 5.32. The summed E-state index contributed by atoms with van der Waals surface area (Å²) in [6, 6.07) is 0.681. The molecular weight excluding hydrogens is 182 g/mol. The Bertz CT molecular complexity index is 192. The van der Waals surface area contributed by atoms with Crippen LogP contribution in [0, 0.1) is 0 Å². The van der Waals surface area contributed by atoms with Gasteiger partial charge in [-0.25, -0.2) is 0 Å². The molecule has 1 aliphatic rings.